The highest BCUT2D eigenvalue weighted by Gasteiger charge is 2.25. The van der Waals surface area contributed by atoms with Gasteiger partial charge in [-0.1, -0.05) is 11.6 Å². The third kappa shape index (κ3) is 2.22. The molecule has 0 atom stereocenters. The van der Waals surface area contributed by atoms with Gasteiger partial charge >= 0.3 is 0 Å². The van der Waals surface area contributed by atoms with Crippen LogP contribution in [0.25, 0.3) is 0 Å². The number of carbonyl (C=O) groups excluding carboxylic acids is 1. The number of amides is 1. The summed E-state index contributed by atoms with van der Waals surface area (Å²) in [4.78, 5) is 22.7. The molecular formula is C13H14ClN5O. The topological polar surface area (TPSA) is 63.1 Å². The van der Waals surface area contributed by atoms with Crippen molar-refractivity contribution in [3.63, 3.8) is 0 Å². The lowest BCUT2D eigenvalue weighted by Gasteiger charge is -2.27. The molecule has 3 rings (SSSR count). The van der Waals surface area contributed by atoms with E-state index in [2.05, 4.69) is 15.3 Å². The Morgan fingerprint density at radius 1 is 1.40 bits per heavy atom. The number of aromatic nitrogens is 3. The first-order valence-corrected chi connectivity index (χ1v) is 6.70. The lowest BCUT2D eigenvalue weighted by molar-refractivity contribution is 0.0702. The highest BCUT2D eigenvalue weighted by Crippen LogP contribution is 2.20. The minimum atomic E-state index is -0.165. The van der Waals surface area contributed by atoms with Crippen LogP contribution in [0.4, 0.5) is 5.82 Å². The first-order valence-electron chi connectivity index (χ1n) is 6.32. The zero-order valence-corrected chi connectivity index (χ0v) is 11.8. The second-order valence-electron chi connectivity index (χ2n) is 4.54. The molecule has 0 aliphatic carbocycles. The summed E-state index contributed by atoms with van der Waals surface area (Å²) >= 11 is 6.09. The SMILES string of the molecule is CNc1ccc(Cl)c(C(=O)N2CCn3ccnc3C2)n1. The van der Waals surface area contributed by atoms with Crippen molar-refractivity contribution < 1.29 is 4.79 Å². The minimum Gasteiger partial charge on any atom is -0.373 e. The van der Waals surface area contributed by atoms with E-state index in [0.717, 1.165) is 12.4 Å². The number of fused-ring (bicyclic) bond motifs is 1. The van der Waals surface area contributed by atoms with Crippen LogP contribution in [-0.2, 0) is 13.1 Å². The van der Waals surface area contributed by atoms with Gasteiger partial charge in [-0.05, 0) is 12.1 Å². The van der Waals surface area contributed by atoms with Gasteiger partial charge in [0.05, 0.1) is 11.6 Å². The largest absolute Gasteiger partial charge is 0.373 e. The number of rotatable bonds is 2. The summed E-state index contributed by atoms with van der Waals surface area (Å²) in [5.41, 5.74) is 0.276. The second-order valence-corrected chi connectivity index (χ2v) is 4.95. The molecule has 0 saturated heterocycles. The third-order valence-corrected chi connectivity index (χ3v) is 3.64. The van der Waals surface area contributed by atoms with Crippen molar-refractivity contribution in [1.29, 1.82) is 0 Å². The van der Waals surface area contributed by atoms with Gasteiger partial charge in [0.15, 0.2) is 0 Å². The maximum absolute atomic E-state index is 12.5. The Bertz CT molecular complexity index is 654. The van der Waals surface area contributed by atoms with Gasteiger partial charge in [-0.15, -0.1) is 0 Å². The molecule has 2 aromatic rings. The van der Waals surface area contributed by atoms with Gasteiger partial charge in [0.2, 0.25) is 0 Å². The Kier molecular flexibility index (Phi) is 3.31. The van der Waals surface area contributed by atoms with Crippen LogP contribution in [0.15, 0.2) is 24.5 Å². The van der Waals surface area contributed by atoms with E-state index in [1.165, 1.54) is 0 Å². The first-order chi connectivity index (χ1) is 9.69. The maximum Gasteiger partial charge on any atom is 0.274 e. The lowest BCUT2D eigenvalue weighted by atomic mass is 10.2. The van der Waals surface area contributed by atoms with Crippen LogP contribution in [0.3, 0.4) is 0 Å². The van der Waals surface area contributed by atoms with Crippen molar-refractivity contribution in [2.75, 3.05) is 18.9 Å². The van der Waals surface area contributed by atoms with E-state index < -0.39 is 0 Å². The molecular weight excluding hydrogens is 278 g/mol. The van der Waals surface area contributed by atoms with Crippen molar-refractivity contribution in [3.05, 3.63) is 41.1 Å². The molecule has 104 valence electrons. The number of pyridine rings is 1. The number of anilines is 1. The van der Waals surface area contributed by atoms with E-state index in [9.17, 15) is 4.79 Å². The molecule has 0 fully saturated rings. The number of imidazole rings is 1. The van der Waals surface area contributed by atoms with Crippen LogP contribution < -0.4 is 5.32 Å². The Hall–Kier alpha value is -2.08. The van der Waals surface area contributed by atoms with Crippen molar-refractivity contribution in [2.24, 2.45) is 0 Å². The van der Waals surface area contributed by atoms with Crippen molar-refractivity contribution in [2.45, 2.75) is 13.1 Å². The van der Waals surface area contributed by atoms with Crippen LogP contribution in [0.1, 0.15) is 16.3 Å². The Labute approximate surface area is 121 Å². The molecule has 7 heteroatoms. The van der Waals surface area contributed by atoms with Gasteiger partial charge in [-0.25, -0.2) is 9.97 Å². The summed E-state index contributed by atoms with van der Waals surface area (Å²) in [6.45, 7) is 1.85. The highest BCUT2D eigenvalue weighted by molar-refractivity contribution is 6.33. The predicted molar refractivity (Wildman–Crippen MR) is 75.8 cm³/mol. The Morgan fingerprint density at radius 3 is 3.05 bits per heavy atom. The first kappa shape index (κ1) is 12.9. The Morgan fingerprint density at radius 2 is 2.25 bits per heavy atom. The molecule has 6 nitrogen and oxygen atoms in total. The molecule has 1 aliphatic heterocycles. The second kappa shape index (κ2) is 5.13. The number of nitrogens with one attached hydrogen (secondary N) is 1. The fraction of sp³-hybridized carbons (Fsp3) is 0.308. The number of hydrogen-bond acceptors (Lipinski definition) is 4. The smallest absolute Gasteiger partial charge is 0.274 e. The molecule has 1 N–H and O–H groups in total. The van der Waals surface area contributed by atoms with Crippen molar-refractivity contribution >= 4 is 23.3 Å². The average Bonchev–Trinajstić information content (AvgIpc) is 2.94. The molecule has 20 heavy (non-hydrogen) atoms. The minimum absolute atomic E-state index is 0.165. The molecule has 3 heterocycles. The standard InChI is InChI=1S/C13H14ClN5O/c1-15-10-3-2-9(14)12(17-10)13(20)19-7-6-18-5-4-16-11(18)8-19/h2-5H,6-8H2,1H3,(H,15,17). The summed E-state index contributed by atoms with van der Waals surface area (Å²) < 4.78 is 2.04. The number of halogens is 1. The van der Waals surface area contributed by atoms with E-state index >= 15 is 0 Å². The highest BCUT2D eigenvalue weighted by atomic mass is 35.5. The fourth-order valence-electron chi connectivity index (χ4n) is 2.23. The molecule has 1 aliphatic rings. The average molecular weight is 292 g/mol. The summed E-state index contributed by atoms with van der Waals surface area (Å²) in [5.74, 6) is 1.34. The van der Waals surface area contributed by atoms with E-state index in [1.807, 2.05) is 10.8 Å². The monoisotopic (exact) mass is 291 g/mol. The number of nitrogens with zero attached hydrogens (tertiary/aromatic N) is 4. The summed E-state index contributed by atoms with van der Waals surface area (Å²) in [5, 5.41) is 3.27. The summed E-state index contributed by atoms with van der Waals surface area (Å²) in [6.07, 6.45) is 3.67. The van der Waals surface area contributed by atoms with Crippen LogP contribution in [-0.4, -0.2) is 38.9 Å². The molecule has 1 amide bonds. The summed E-state index contributed by atoms with van der Waals surface area (Å²) in [6, 6.07) is 3.42. The van der Waals surface area contributed by atoms with Crippen LogP contribution >= 0.6 is 11.6 Å². The quantitative estimate of drug-likeness (QED) is 0.913. The Balaban J connectivity index is 1.87. The van der Waals surface area contributed by atoms with Crippen LogP contribution in [0.2, 0.25) is 5.02 Å². The van der Waals surface area contributed by atoms with Gasteiger partial charge < -0.3 is 14.8 Å². The predicted octanol–water partition coefficient (Wildman–Crippen LogP) is 1.63. The van der Waals surface area contributed by atoms with Gasteiger partial charge in [-0.3, -0.25) is 4.79 Å². The summed E-state index contributed by atoms with van der Waals surface area (Å²) in [7, 11) is 1.75. The zero-order chi connectivity index (χ0) is 14.1. The molecule has 0 radical (unpaired) electrons. The van der Waals surface area contributed by atoms with Crippen molar-refractivity contribution in [1.82, 2.24) is 19.4 Å². The van der Waals surface area contributed by atoms with E-state index in [-0.39, 0.29) is 11.6 Å². The number of hydrogen-bond donors (Lipinski definition) is 1. The van der Waals surface area contributed by atoms with Gasteiger partial charge in [0.1, 0.15) is 17.3 Å². The number of carbonyl (C=O) groups is 1. The van der Waals surface area contributed by atoms with Crippen LogP contribution in [0.5, 0.6) is 0 Å². The molecule has 0 saturated carbocycles. The van der Waals surface area contributed by atoms with Gasteiger partial charge in [0, 0.05) is 32.5 Å². The molecule has 0 spiro atoms. The maximum atomic E-state index is 12.5. The van der Waals surface area contributed by atoms with E-state index in [0.29, 0.717) is 23.9 Å². The molecule has 0 aromatic carbocycles. The third-order valence-electron chi connectivity index (χ3n) is 3.34. The fourth-order valence-corrected chi connectivity index (χ4v) is 2.41. The normalized spacial score (nSPS) is 14.0. The molecule has 2 aromatic heterocycles. The van der Waals surface area contributed by atoms with Crippen molar-refractivity contribution in [3.8, 4) is 0 Å². The van der Waals surface area contributed by atoms with Gasteiger partial charge in [-0.2, -0.15) is 0 Å². The van der Waals surface area contributed by atoms with Crippen LogP contribution in [0, 0.1) is 0 Å². The zero-order valence-electron chi connectivity index (χ0n) is 11.0. The molecule has 0 unspecified atom stereocenters. The van der Waals surface area contributed by atoms with Gasteiger partial charge in [0.25, 0.3) is 5.91 Å². The molecule has 0 bridgehead atoms. The van der Waals surface area contributed by atoms with E-state index in [4.69, 9.17) is 11.6 Å². The lowest BCUT2D eigenvalue weighted by Crippen LogP contribution is -2.38. The van der Waals surface area contributed by atoms with E-state index in [1.54, 1.807) is 30.3 Å².